The van der Waals surface area contributed by atoms with Crippen molar-refractivity contribution in [2.75, 3.05) is 0 Å². The topological polar surface area (TPSA) is 107 Å². The fraction of sp³-hybridized carbons (Fsp3) is 0.467. The summed E-state index contributed by atoms with van der Waals surface area (Å²) in [6.45, 7) is 5.67. The van der Waals surface area contributed by atoms with Gasteiger partial charge in [-0.25, -0.2) is 4.79 Å². The molecule has 0 bridgehead atoms. The zero-order chi connectivity index (χ0) is 16.2. The summed E-state index contributed by atoms with van der Waals surface area (Å²) in [4.78, 5) is 23.1. The van der Waals surface area contributed by atoms with Crippen LogP contribution in [0.15, 0.2) is 18.2 Å². The minimum absolute atomic E-state index is 0.0268. The van der Waals surface area contributed by atoms with Crippen LogP contribution in [0.3, 0.4) is 0 Å². The molecule has 0 aromatic heterocycles. The first kappa shape index (κ1) is 16.8. The zero-order valence-corrected chi connectivity index (χ0v) is 12.4. The van der Waals surface area contributed by atoms with Crippen LogP contribution >= 0.6 is 0 Å². The lowest BCUT2D eigenvalue weighted by molar-refractivity contribution is -0.142. The van der Waals surface area contributed by atoms with Crippen molar-refractivity contribution in [3.63, 3.8) is 0 Å². The lowest BCUT2D eigenvalue weighted by Crippen LogP contribution is -2.43. The lowest BCUT2D eigenvalue weighted by Gasteiger charge is -2.20. The van der Waals surface area contributed by atoms with E-state index in [1.54, 1.807) is 0 Å². The van der Waals surface area contributed by atoms with Crippen LogP contribution in [0.2, 0.25) is 0 Å². The van der Waals surface area contributed by atoms with E-state index in [1.165, 1.54) is 18.2 Å². The number of carbonyl (C=O) groups is 2. The Labute approximate surface area is 123 Å². The van der Waals surface area contributed by atoms with Crippen molar-refractivity contribution in [3.05, 3.63) is 23.8 Å². The number of amides is 1. The largest absolute Gasteiger partial charge is 0.504 e. The standard InChI is InChI=1S/C15H21NO5/c1-15(2,3)8-13(19)16-10(14(20)21)6-9-4-5-11(17)12(18)7-9/h4-5,7,10,17-18H,6,8H2,1-3H3,(H,16,19)(H,20,21). The van der Waals surface area contributed by atoms with Crippen molar-refractivity contribution in [3.8, 4) is 11.5 Å². The molecule has 6 heteroatoms. The molecule has 21 heavy (non-hydrogen) atoms. The number of aliphatic carboxylic acids is 1. The molecule has 116 valence electrons. The van der Waals surface area contributed by atoms with Crippen LogP contribution in [0.5, 0.6) is 11.5 Å². The monoisotopic (exact) mass is 295 g/mol. The maximum atomic E-state index is 11.8. The number of hydrogen-bond donors (Lipinski definition) is 4. The van der Waals surface area contributed by atoms with Gasteiger partial charge >= 0.3 is 5.97 Å². The van der Waals surface area contributed by atoms with Gasteiger partial charge in [-0.3, -0.25) is 4.79 Å². The molecule has 0 spiro atoms. The first-order valence-electron chi connectivity index (χ1n) is 6.61. The maximum absolute atomic E-state index is 11.8. The Hall–Kier alpha value is -2.24. The highest BCUT2D eigenvalue weighted by atomic mass is 16.4. The number of aromatic hydroxyl groups is 2. The Bertz CT molecular complexity index is 533. The molecule has 1 atom stereocenters. The second-order valence-corrected chi connectivity index (χ2v) is 6.22. The van der Waals surface area contributed by atoms with Crippen LogP contribution in [0, 0.1) is 5.41 Å². The van der Waals surface area contributed by atoms with E-state index in [0.717, 1.165) is 0 Å². The summed E-state index contributed by atoms with van der Waals surface area (Å²) in [7, 11) is 0. The van der Waals surface area contributed by atoms with Crippen molar-refractivity contribution in [1.29, 1.82) is 0 Å². The minimum Gasteiger partial charge on any atom is -0.504 e. The molecular formula is C15H21NO5. The number of nitrogens with one attached hydrogen (secondary N) is 1. The SMILES string of the molecule is CC(C)(C)CC(=O)NC(Cc1ccc(O)c(O)c1)C(=O)O. The summed E-state index contributed by atoms with van der Waals surface area (Å²) in [5.74, 6) is -2.08. The highest BCUT2D eigenvalue weighted by molar-refractivity contribution is 5.84. The lowest BCUT2D eigenvalue weighted by atomic mass is 9.91. The van der Waals surface area contributed by atoms with Crippen LogP contribution in [-0.2, 0) is 16.0 Å². The molecule has 1 aromatic rings. The van der Waals surface area contributed by atoms with Gasteiger partial charge in [0.15, 0.2) is 11.5 Å². The summed E-state index contributed by atoms with van der Waals surface area (Å²) in [6.07, 6.45) is 0.247. The normalized spacial score (nSPS) is 12.7. The van der Waals surface area contributed by atoms with E-state index in [0.29, 0.717) is 5.56 Å². The highest BCUT2D eigenvalue weighted by Crippen LogP contribution is 2.25. The van der Waals surface area contributed by atoms with Gasteiger partial charge in [0.1, 0.15) is 6.04 Å². The van der Waals surface area contributed by atoms with Gasteiger partial charge < -0.3 is 20.6 Å². The molecule has 0 fully saturated rings. The molecule has 0 aliphatic carbocycles. The van der Waals surface area contributed by atoms with Crippen LogP contribution in [0.1, 0.15) is 32.8 Å². The number of rotatable bonds is 5. The predicted octanol–water partition coefficient (Wildman–Crippen LogP) is 1.65. The third-order valence-electron chi connectivity index (χ3n) is 2.80. The third-order valence-corrected chi connectivity index (χ3v) is 2.80. The molecule has 1 rings (SSSR count). The number of hydrogen-bond acceptors (Lipinski definition) is 4. The van der Waals surface area contributed by atoms with E-state index < -0.39 is 12.0 Å². The third kappa shape index (κ3) is 5.72. The zero-order valence-electron chi connectivity index (χ0n) is 12.4. The molecule has 0 radical (unpaired) electrons. The summed E-state index contributed by atoms with van der Waals surface area (Å²) in [6, 6.07) is 2.98. The van der Waals surface area contributed by atoms with Crippen molar-refractivity contribution >= 4 is 11.9 Å². The Morgan fingerprint density at radius 3 is 2.29 bits per heavy atom. The molecule has 0 aliphatic rings. The average Bonchev–Trinajstić information content (AvgIpc) is 2.30. The molecule has 4 N–H and O–H groups in total. The van der Waals surface area contributed by atoms with Gasteiger partial charge in [0, 0.05) is 12.8 Å². The van der Waals surface area contributed by atoms with E-state index >= 15 is 0 Å². The molecule has 0 heterocycles. The fourth-order valence-electron chi connectivity index (χ4n) is 1.86. The number of carboxylic acids is 1. The predicted molar refractivity (Wildman–Crippen MR) is 77.1 cm³/mol. The van der Waals surface area contributed by atoms with Gasteiger partial charge in [-0.1, -0.05) is 26.8 Å². The van der Waals surface area contributed by atoms with E-state index in [2.05, 4.69) is 5.32 Å². The van der Waals surface area contributed by atoms with E-state index in [1.807, 2.05) is 20.8 Å². The molecule has 1 aromatic carbocycles. The van der Waals surface area contributed by atoms with Crippen molar-refractivity contribution < 1.29 is 24.9 Å². The minimum atomic E-state index is -1.15. The summed E-state index contributed by atoms with van der Waals surface area (Å²) in [5.41, 5.74) is 0.276. The molecule has 1 unspecified atom stereocenters. The molecular weight excluding hydrogens is 274 g/mol. The summed E-state index contributed by atoms with van der Waals surface area (Å²) >= 11 is 0. The van der Waals surface area contributed by atoms with Gasteiger partial charge in [-0.05, 0) is 23.1 Å². The van der Waals surface area contributed by atoms with Gasteiger partial charge in [0.2, 0.25) is 5.91 Å². The van der Waals surface area contributed by atoms with Crippen molar-refractivity contribution in [1.82, 2.24) is 5.32 Å². The molecule has 0 saturated carbocycles. The summed E-state index contributed by atoms with van der Waals surface area (Å²) in [5, 5.41) is 30.3. The average molecular weight is 295 g/mol. The quantitative estimate of drug-likeness (QED) is 0.618. The molecule has 0 aliphatic heterocycles. The Morgan fingerprint density at radius 1 is 1.19 bits per heavy atom. The number of carbonyl (C=O) groups excluding carboxylic acids is 1. The molecule has 6 nitrogen and oxygen atoms in total. The van der Waals surface area contributed by atoms with Crippen LogP contribution in [0.25, 0.3) is 0 Å². The van der Waals surface area contributed by atoms with Crippen LogP contribution in [0.4, 0.5) is 0 Å². The Kier molecular flexibility index (Phi) is 5.18. The highest BCUT2D eigenvalue weighted by Gasteiger charge is 2.23. The second-order valence-electron chi connectivity index (χ2n) is 6.22. The first-order valence-corrected chi connectivity index (χ1v) is 6.61. The summed E-state index contributed by atoms with van der Waals surface area (Å²) < 4.78 is 0. The Morgan fingerprint density at radius 2 is 1.81 bits per heavy atom. The van der Waals surface area contributed by atoms with Crippen molar-refractivity contribution in [2.24, 2.45) is 5.41 Å². The van der Waals surface area contributed by atoms with E-state index in [9.17, 15) is 24.9 Å². The number of phenols is 2. The fourth-order valence-corrected chi connectivity index (χ4v) is 1.86. The van der Waals surface area contributed by atoms with Gasteiger partial charge in [-0.15, -0.1) is 0 Å². The molecule has 0 saturated heterocycles. The number of benzene rings is 1. The van der Waals surface area contributed by atoms with Gasteiger partial charge in [0.05, 0.1) is 0 Å². The molecule has 1 amide bonds. The first-order chi connectivity index (χ1) is 9.58. The van der Waals surface area contributed by atoms with Gasteiger partial charge in [-0.2, -0.15) is 0 Å². The number of phenolic OH excluding ortho intramolecular Hbond substituents is 2. The van der Waals surface area contributed by atoms with E-state index in [-0.39, 0.29) is 35.7 Å². The maximum Gasteiger partial charge on any atom is 0.326 e. The smallest absolute Gasteiger partial charge is 0.326 e. The number of carboxylic acid groups (broad SMARTS) is 1. The second kappa shape index (κ2) is 6.47. The van der Waals surface area contributed by atoms with Crippen LogP contribution in [-0.4, -0.2) is 33.2 Å². The Balaban J connectivity index is 2.76. The van der Waals surface area contributed by atoms with Crippen LogP contribution < -0.4 is 5.32 Å². The van der Waals surface area contributed by atoms with Gasteiger partial charge in [0.25, 0.3) is 0 Å². The van der Waals surface area contributed by atoms with Crippen molar-refractivity contribution in [2.45, 2.75) is 39.7 Å². The van der Waals surface area contributed by atoms with E-state index in [4.69, 9.17) is 0 Å².